The normalized spacial score (nSPS) is 10.5. The first-order valence-corrected chi connectivity index (χ1v) is 8.47. The number of amides is 1. The van der Waals surface area contributed by atoms with Gasteiger partial charge >= 0.3 is 0 Å². The number of hydrogen-bond acceptors (Lipinski definition) is 4. The van der Waals surface area contributed by atoms with E-state index in [1.165, 1.54) is 0 Å². The number of rotatable bonds is 5. The summed E-state index contributed by atoms with van der Waals surface area (Å²) >= 11 is 1.66. The lowest BCUT2D eigenvalue weighted by atomic mass is 10.1. The quantitative estimate of drug-likeness (QED) is 0.551. The van der Waals surface area contributed by atoms with Crippen LogP contribution in [0, 0.1) is 0 Å². The van der Waals surface area contributed by atoms with E-state index in [-0.39, 0.29) is 5.91 Å². The molecule has 122 valence electrons. The van der Waals surface area contributed by atoms with Crippen molar-refractivity contribution in [2.45, 2.75) is 10.9 Å². The van der Waals surface area contributed by atoms with E-state index in [1.54, 1.807) is 30.1 Å². The van der Waals surface area contributed by atoms with Gasteiger partial charge in [0.25, 0.3) is 5.91 Å². The van der Waals surface area contributed by atoms with E-state index in [4.69, 9.17) is 5.73 Å². The third-order valence-electron chi connectivity index (χ3n) is 3.57. The number of carbonyl (C=O) groups is 1. The minimum absolute atomic E-state index is 0.170. The van der Waals surface area contributed by atoms with Crippen LogP contribution in [0.3, 0.4) is 0 Å². The maximum atomic E-state index is 12.3. The molecule has 0 fully saturated rings. The molecule has 0 radical (unpaired) electrons. The van der Waals surface area contributed by atoms with Crippen LogP contribution in [0.2, 0.25) is 0 Å². The van der Waals surface area contributed by atoms with Gasteiger partial charge in [0.2, 0.25) is 0 Å². The van der Waals surface area contributed by atoms with Gasteiger partial charge in [-0.2, -0.15) is 0 Å². The van der Waals surface area contributed by atoms with Crippen molar-refractivity contribution in [1.82, 2.24) is 9.55 Å². The van der Waals surface area contributed by atoms with E-state index in [2.05, 4.69) is 10.3 Å². The maximum Gasteiger partial charge on any atom is 0.255 e. The molecule has 3 aromatic rings. The van der Waals surface area contributed by atoms with Crippen molar-refractivity contribution in [1.29, 1.82) is 0 Å². The number of imidazole rings is 1. The van der Waals surface area contributed by atoms with Gasteiger partial charge in [-0.05, 0) is 29.8 Å². The number of para-hydroxylation sites is 2. The van der Waals surface area contributed by atoms with Crippen LogP contribution in [0.15, 0.2) is 66.1 Å². The Labute approximate surface area is 144 Å². The van der Waals surface area contributed by atoms with Crippen LogP contribution in [0.1, 0.15) is 15.9 Å². The van der Waals surface area contributed by atoms with Gasteiger partial charge in [0.05, 0.1) is 11.4 Å². The molecule has 0 aliphatic heterocycles. The molecule has 0 saturated carbocycles. The molecule has 2 aromatic carbocycles. The van der Waals surface area contributed by atoms with E-state index in [0.717, 1.165) is 16.5 Å². The van der Waals surface area contributed by atoms with Crippen LogP contribution in [0.4, 0.5) is 11.4 Å². The summed E-state index contributed by atoms with van der Waals surface area (Å²) in [4.78, 5) is 16.6. The summed E-state index contributed by atoms with van der Waals surface area (Å²) in [7, 11) is 1.97. The second-order valence-corrected chi connectivity index (χ2v) is 6.29. The molecule has 0 aliphatic carbocycles. The van der Waals surface area contributed by atoms with Gasteiger partial charge in [0.1, 0.15) is 0 Å². The Hall–Kier alpha value is -2.73. The SMILES string of the molecule is Cn1ccnc1SCc1ccc(C(=O)Nc2ccccc2N)cc1. The lowest BCUT2D eigenvalue weighted by Crippen LogP contribution is -2.13. The fraction of sp³-hybridized carbons (Fsp3) is 0.111. The first-order valence-electron chi connectivity index (χ1n) is 7.48. The Morgan fingerprint density at radius 2 is 1.96 bits per heavy atom. The Kier molecular flexibility index (Phi) is 4.86. The largest absolute Gasteiger partial charge is 0.397 e. The monoisotopic (exact) mass is 338 g/mol. The van der Waals surface area contributed by atoms with Crippen molar-refractivity contribution < 1.29 is 4.79 Å². The molecular formula is C18H18N4OS. The topological polar surface area (TPSA) is 72.9 Å². The summed E-state index contributed by atoms with van der Waals surface area (Å²) in [5.74, 6) is 0.634. The fourth-order valence-electron chi connectivity index (χ4n) is 2.20. The van der Waals surface area contributed by atoms with Crippen molar-refractivity contribution >= 4 is 29.0 Å². The van der Waals surface area contributed by atoms with E-state index in [1.807, 2.05) is 54.2 Å². The number of carbonyl (C=O) groups excluding carboxylic acids is 1. The minimum atomic E-state index is -0.170. The van der Waals surface area contributed by atoms with Crippen LogP contribution in [0.25, 0.3) is 0 Å². The number of aromatic nitrogens is 2. The third kappa shape index (κ3) is 3.78. The number of anilines is 2. The molecule has 3 N–H and O–H groups in total. The maximum absolute atomic E-state index is 12.3. The predicted molar refractivity (Wildman–Crippen MR) is 98.0 cm³/mol. The molecule has 0 saturated heterocycles. The molecule has 1 aromatic heterocycles. The molecule has 1 heterocycles. The van der Waals surface area contributed by atoms with Crippen molar-refractivity contribution in [3.8, 4) is 0 Å². The Morgan fingerprint density at radius 1 is 1.21 bits per heavy atom. The highest BCUT2D eigenvalue weighted by Crippen LogP contribution is 2.21. The number of benzene rings is 2. The van der Waals surface area contributed by atoms with Crippen LogP contribution in [0.5, 0.6) is 0 Å². The molecule has 0 aliphatic rings. The van der Waals surface area contributed by atoms with Gasteiger partial charge < -0.3 is 15.6 Å². The number of thioether (sulfide) groups is 1. The van der Waals surface area contributed by atoms with Crippen LogP contribution in [-0.4, -0.2) is 15.5 Å². The number of nitrogens with zero attached hydrogens (tertiary/aromatic N) is 2. The summed E-state index contributed by atoms with van der Waals surface area (Å²) in [6.45, 7) is 0. The van der Waals surface area contributed by atoms with Crippen LogP contribution >= 0.6 is 11.8 Å². The number of nitrogens with one attached hydrogen (secondary N) is 1. The molecule has 0 unspecified atom stereocenters. The highest BCUT2D eigenvalue weighted by Gasteiger charge is 2.08. The van der Waals surface area contributed by atoms with Gasteiger partial charge in [-0.3, -0.25) is 4.79 Å². The number of hydrogen-bond donors (Lipinski definition) is 2. The van der Waals surface area contributed by atoms with Crippen molar-refractivity contribution in [2.24, 2.45) is 7.05 Å². The lowest BCUT2D eigenvalue weighted by Gasteiger charge is -2.08. The van der Waals surface area contributed by atoms with Gasteiger partial charge in [-0.1, -0.05) is 36.0 Å². The molecule has 5 nitrogen and oxygen atoms in total. The number of aryl methyl sites for hydroxylation is 1. The van der Waals surface area contributed by atoms with Gasteiger partial charge in [0.15, 0.2) is 5.16 Å². The molecule has 24 heavy (non-hydrogen) atoms. The Morgan fingerprint density at radius 3 is 2.62 bits per heavy atom. The molecule has 0 atom stereocenters. The predicted octanol–water partition coefficient (Wildman–Crippen LogP) is 3.55. The summed E-state index contributed by atoms with van der Waals surface area (Å²) in [5.41, 5.74) is 8.75. The summed E-state index contributed by atoms with van der Waals surface area (Å²) in [6, 6.07) is 14.8. The molecule has 0 bridgehead atoms. The minimum Gasteiger partial charge on any atom is -0.397 e. The Bertz CT molecular complexity index is 842. The van der Waals surface area contributed by atoms with E-state index < -0.39 is 0 Å². The van der Waals surface area contributed by atoms with E-state index >= 15 is 0 Å². The standard InChI is InChI=1S/C18H18N4OS/c1-22-11-10-20-18(22)24-12-13-6-8-14(9-7-13)17(23)21-16-5-3-2-4-15(16)19/h2-11H,12,19H2,1H3,(H,21,23). The zero-order chi connectivity index (χ0) is 16.9. The smallest absolute Gasteiger partial charge is 0.255 e. The fourth-order valence-corrected chi connectivity index (χ4v) is 3.08. The molecule has 0 spiro atoms. The molecule has 1 amide bonds. The summed E-state index contributed by atoms with van der Waals surface area (Å²) in [6.07, 6.45) is 3.70. The number of nitrogens with two attached hydrogens (primary N) is 1. The molecule has 3 rings (SSSR count). The zero-order valence-electron chi connectivity index (χ0n) is 13.3. The summed E-state index contributed by atoms with van der Waals surface area (Å²) < 4.78 is 1.98. The third-order valence-corrected chi connectivity index (χ3v) is 4.70. The average Bonchev–Trinajstić information content (AvgIpc) is 3.00. The number of nitrogen functional groups attached to an aromatic ring is 1. The van der Waals surface area contributed by atoms with Gasteiger partial charge in [0, 0.05) is 30.8 Å². The Balaban J connectivity index is 1.62. The zero-order valence-corrected chi connectivity index (χ0v) is 14.1. The average molecular weight is 338 g/mol. The van der Waals surface area contributed by atoms with E-state index in [9.17, 15) is 4.79 Å². The van der Waals surface area contributed by atoms with Crippen molar-refractivity contribution in [2.75, 3.05) is 11.1 Å². The lowest BCUT2D eigenvalue weighted by molar-refractivity contribution is 0.102. The highest BCUT2D eigenvalue weighted by atomic mass is 32.2. The molecular weight excluding hydrogens is 320 g/mol. The van der Waals surface area contributed by atoms with Gasteiger partial charge in [-0.25, -0.2) is 4.98 Å². The van der Waals surface area contributed by atoms with Crippen molar-refractivity contribution in [3.05, 3.63) is 72.1 Å². The molecule has 6 heteroatoms. The second kappa shape index (κ2) is 7.23. The summed E-state index contributed by atoms with van der Waals surface area (Å²) in [5, 5.41) is 3.79. The van der Waals surface area contributed by atoms with E-state index in [0.29, 0.717) is 16.9 Å². The van der Waals surface area contributed by atoms with Crippen molar-refractivity contribution in [3.63, 3.8) is 0 Å². The first-order chi connectivity index (χ1) is 11.6. The van der Waals surface area contributed by atoms with Crippen LogP contribution < -0.4 is 11.1 Å². The highest BCUT2D eigenvalue weighted by molar-refractivity contribution is 7.98. The first kappa shape index (κ1) is 16.1. The van der Waals surface area contributed by atoms with Crippen LogP contribution in [-0.2, 0) is 12.8 Å². The second-order valence-electron chi connectivity index (χ2n) is 5.35. The van der Waals surface area contributed by atoms with Gasteiger partial charge in [-0.15, -0.1) is 0 Å².